The van der Waals surface area contributed by atoms with Gasteiger partial charge in [0.05, 0.1) is 5.56 Å². The fourth-order valence-electron chi connectivity index (χ4n) is 0.591. The molecule has 0 fully saturated rings. The van der Waals surface area contributed by atoms with Gasteiger partial charge in [-0.2, -0.15) is 13.2 Å². The van der Waals surface area contributed by atoms with Crippen LogP contribution in [0.25, 0.3) is 0 Å². The first-order valence-corrected chi connectivity index (χ1v) is 3.65. The molecule has 0 N–H and O–H groups in total. The van der Waals surface area contributed by atoms with Crippen molar-refractivity contribution in [3.05, 3.63) is 23.0 Å². The molecule has 0 aliphatic rings. The van der Waals surface area contributed by atoms with E-state index >= 15 is 0 Å². The first-order chi connectivity index (χ1) is 5.41. The first-order valence-electron chi connectivity index (χ1n) is 2.83. The Balaban J connectivity index is 3.14. The summed E-state index contributed by atoms with van der Waals surface area (Å²) in [5, 5.41) is -0.0358. The SMILES string of the molecule is FC(F)(F)c1cnc(Cl)c(S)c1. The van der Waals surface area contributed by atoms with Crippen molar-refractivity contribution < 1.29 is 13.2 Å². The molecule has 6 heteroatoms. The minimum absolute atomic E-state index is 0.0199. The lowest BCUT2D eigenvalue weighted by molar-refractivity contribution is -0.138. The van der Waals surface area contributed by atoms with Gasteiger partial charge < -0.3 is 0 Å². The maximum absolute atomic E-state index is 12.0. The van der Waals surface area contributed by atoms with E-state index < -0.39 is 11.7 Å². The molecule has 0 aliphatic carbocycles. The van der Waals surface area contributed by atoms with Crippen molar-refractivity contribution in [2.75, 3.05) is 0 Å². The van der Waals surface area contributed by atoms with Gasteiger partial charge in [-0.15, -0.1) is 12.6 Å². The zero-order valence-electron chi connectivity index (χ0n) is 5.56. The molecule has 1 aromatic heterocycles. The number of halogens is 4. The van der Waals surface area contributed by atoms with Crippen molar-refractivity contribution in [2.24, 2.45) is 0 Å². The van der Waals surface area contributed by atoms with Crippen LogP contribution in [-0.4, -0.2) is 4.98 Å². The second-order valence-corrected chi connectivity index (χ2v) is 2.87. The zero-order valence-corrected chi connectivity index (χ0v) is 7.21. The number of rotatable bonds is 0. The molecule has 1 nitrogen and oxygen atoms in total. The van der Waals surface area contributed by atoms with Crippen LogP contribution in [0.2, 0.25) is 5.15 Å². The highest BCUT2D eigenvalue weighted by molar-refractivity contribution is 7.80. The monoisotopic (exact) mass is 213 g/mol. The molecule has 0 aliphatic heterocycles. The molecule has 0 aromatic carbocycles. The van der Waals surface area contributed by atoms with E-state index in [4.69, 9.17) is 11.6 Å². The van der Waals surface area contributed by atoms with E-state index in [0.29, 0.717) is 6.20 Å². The predicted molar refractivity (Wildman–Crippen MR) is 41.5 cm³/mol. The number of alkyl halides is 3. The molecule has 0 radical (unpaired) electrons. The number of aromatic nitrogens is 1. The van der Waals surface area contributed by atoms with Crippen molar-refractivity contribution in [2.45, 2.75) is 11.1 Å². The average molecular weight is 214 g/mol. The van der Waals surface area contributed by atoms with E-state index in [1.165, 1.54) is 0 Å². The Bertz CT molecular complexity index is 299. The van der Waals surface area contributed by atoms with Crippen LogP contribution in [0.5, 0.6) is 0 Å². The number of hydrogen-bond acceptors (Lipinski definition) is 2. The van der Waals surface area contributed by atoms with Crippen molar-refractivity contribution >= 4 is 24.2 Å². The second kappa shape index (κ2) is 3.14. The van der Waals surface area contributed by atoms with Gasteiger partial charge in [-0.3, -0.25) is 0 Å². The second-order valence-electron chi connectivity index (χ2n) is 2.03. The Labute approximate surface area is 77.0 Å². The quantitative estimate of drug-likeness (QED) is 0.516. The number of hydrogen-bond donors (Lipinski definition) is 1. The van der Waals surface area contributed by atoms with Gasteiger partial charge in [-0.25, -0.2) is 4.98 Å². The minimum atomic E-state index is -4.39. The van der Waals surface area contributed by atoms with Gasteiger partial charge >= 0.3 is 6.18 Å². The van der Waals surface area contributed by atoms with Gasteiger partial charge in [0.25, 0.3) is 0 Å². The lowest BCUT2D eigenvalue weighted by Gasteiger charge is -2.06. The molecule has 0 unspecified atom stereocenters. The van der Waals surface area contributed by atoms with Crippen LogP contribution in [0, 0.1) is 0 Å². The summed E-state index contributed by atoms with van der Waals surface area (Å²) in [4.78, 5) is 3.33. The van der Waals surface area contributed by atoms with Crippen LogP contribution >= 0.6 is 24.2 Å². The summed E-state index contributed by atoms with van der Waals surface area (Å²) < 4.78 is 35.9. The summed E-state index contributed by atoms with van der Waals surface area (Å²) in [6.45, 7) is 0. The van der Waals surface area contributed by atoms with E-state index in [1.807, 2.05) is 0 Å². The number of nitrogens with zero attached hydrogens (tertiary/aromatic N) is 1. The van der Waals surface area contributed by atoms with Gasteiger partial charge in [0.15, 0.2) is 0 Å². The van der Waals surface area contributed by atoms with Gasteiger partial charge in [0.1, 0.15) is 5.15 Å². The van der Waals surface area contributed by atoms with E-state index in [0.717, 1.165) is 6.07 Å². The zero-order chi connectivity index (χ0) is 9.35. The maximum atomic E-state index is 12.0. The van der Waals surface area contributed by atoms with Crippen molar-refractivity contribution in [3.8, 4) is 0 Å². The normalized spacial score (nSPS) is 11.8. The highest BCUT2D eigenvalue weighted by Gasteiger charge is 2.31. The van der Waals surface area contributed by atoms with Crippen LogP contribution in [0.4, 0.5) is 13.2 Å². The van der Waals surface area contributed by atoms with Crippen molar-refractivity contribution in [1.29, 1.82) is 0 Å². The first kappa shape index (κ1) is 9.67. The van der Waals surface area contributed by atoms with Gasteiger partial charge in [-0.1, -0.05) is 11.6 Å². The summed E-state index contributed by atoms with van der Waals surface area (Å²) in [6.07, 6.45) is -3.73. The molecule has 0 saturated carbocycles. The fraction of sp³-hybridized carbons (Fsp3) is 0.167. The lowest BCUT2D eigenvalue weighted by Crippen LogP contribution is -2.05. The fourth-order valence-corrected chi connectivity index (χ4v) is 0.892. The van der Waals surface area contributed by atoms with Crippen LogP contribution in [-0.2, 0) is 6.18 Å². The number of pyridine rings is 1. The van der Waals surface area contributed by atoms with Gasteiger partial charge in [-0.05, 0) is 6.07 Å². The van der Waals surface area contributed by atoms with Gasteiger partial charge in [0.2, 0.25) is 0 Å². The molecule has 1 heterocycles. The third-order valence-corrected chi connectivity index (χ3v) is 1.92. The summed E-state index contributed by atoms with van der Waals surface area (Å²) >= 11 is 9.08. The van der Waals surface area contributed by atoms with Crippen molar-refractivity contribution in [3.63, 3.8) is 0 Å². The largest absolute Gasteiger partial charge is 0.417 e. The highest BCUT2D eigenvalue weighted by Crippen LogP contribution is 2.31. The highest BCUT2D eigenvalue weighted by atomic mass is 35.5. The summed E-state index contributed by atoms with van der Waals surface area (Å²) in [7, 11) is 0. The third kappa shape index (κ3) is 2.04. The van der Waals surface area contributed by atoms with Crippen LogP contribution in [0.1, 0.15) is 5.56 Å². The van der Waals surface area contributed by atoms with E-state index in [1.54, 1.807) is 0 Å². The Morgan fingerprint density at radius 1 is 1.42 bits per heavy atom. The minimum Gasteiger partial charge on any atom is -0.243 e. The maximum Gasteiger partial charge on any atom is 0.417 e. The molecule has 0 saturated heterocycles. The molecule has 1 aromatic rings. The third-order valence-electron chi connectivity index (χ3n) is 1.15. The standard InChI is InChI=1S/C6H3ClF3NS/c7-5-4(12)1-3(2-11-5)6(8,9)10/h1-2,12H. The molecule has 0 bridgehead atoms. The topological polar surface area (TPSA) is 12.9 Å². The van der Waals surface area contributed by atoms with Crippen LogP contribution < -0.4 is 0 Å². The van der Waals surface area contributed by atoms with E-state index in [2.05, 4.69) is 17.6 Å². The summed E-state index contributed by atoms with van der Waals surface area (Å²) in [5.41, 5.74) is -0.850. The number of thiol groups is 1. The van der Waals surface area contributed by atoms with Crippen LogP contribution in [0.15, 0.2) is 17.2 Å². The Morgan fingerprint density at radius 3 is 2.42 bits per heavy atom. The average Bonchev–Trinajstić information content (AvgIpc) is 1.92. The molecule has 66 valence electrons. The molecule has 0 amide bonds. The molecule has 12 heavy (non-hydrogen) atoms. The predicted octanol–water partition coefficient (Wildman–Crippen LogP) is 3.04. The molecular weight excluding hydrogens is 211 g/mol. The lowest BCUT2D eigenvalue weighted by atomic mass is 10.3. The van der Waals surface area contributed by atoms with E-state index in [9.17, 15) is 13.2 Å². The van der Waals surface area contributed by atoms with Crippen molar-refractivity contribution in [1.82, 2.24) is 4.98 Å². The van der Waals surface area contributed by atoms with E-state index in [-0.39, 0.29) is 10.0 Å². The molecular formula is C6H3ClF3NS. The Morgan fingerprint density at radius 2 is 2.00 bits per heavy atom. The van der Waals surface area contributed by atoms with Crippen LogP contribution in [0.3, 0.4) is 0 Å². The molecule has 0 spiro atoms. The Hall–Kier alpha value is -0.420. The molecule has 1 rings (SSSR count). The Kier molecular flexibility index (Phi) is 2.53. The molecule has 0 atom stereocenters. The summed E-state index contributed by atoms with van der Waals surface area (Å²) in [6, 6.07) is 0.832. The smallest absolute Gasteiger partial charge is 0.243 e. The van der Waals surface area contributed by atoms with Gasteiger partial charge in [0, 0.05) is 11.1 Å². The summed E-state index contributed by atoms with van der Waals surface area (Å²) in [5.74, 6) is 0.